The number of nitrogens with two attached hydrogens (primary N) is 1. The second-order valence-electron chi connectivity index (χ2n) is 5.43. The maximum atomic E-state index is 12.0. The van der Waals surface area contributed by atoms with Crippen molar-refractivity contribution < 1.29 is 14.3 Å². The van der Waals surface area contributed by atoms with E-state index in [-0.39, 0.29) is 12.1 Å². The van der Waals surface area contributed by atoms with Crippen LogP contribution in [-0.4, -0.2) is 30.8 Å². The van der Waals surface area contributed by atoms with Crippen molar-refractivity contribution in [2.75, 3.05) is 13.2 Å². The van der Waals surface area contributed by atoms with Crippen molar-refractivity contribution in [3.63, 3.8) is 0 Å². The number of carbonyl (C=O) groups excluding carboxylic acids is 1. The molecule has 1 saturated heterocycles. The van der Waals surface area contributed by atoms with Crippen LogP contribution in [0.15, 0.2) is 0 Å². The summed E-state index contributed by atoms with van der Waals surface area (Å²) >= 11 is 0. The summed E-state index contributed by atoms with van der Waals surface area (Å²) < 4.78 is 10.8. The van der Waals surface area contributed by atoms with Gasteiger partial charge in [0.25, 0.3) is 0 Å². The Morgan fingerprint density at radius 3 is 3.00 bits per heavy atom. The van der Waals surface area contributed by atoms with Gasteiger partial charge in [-0.15, -0.1) is 0 Å². The fourth-order valence-electron chi connectivity index (χ4n) is 2.73. The highest BCUT2D eigenvalue weighted by molar-refractivity contribution is 5.81. The zero-order valence-electron chi connectivity index (χ0n) is 10.6. The minimum absolute atomic E-state index is 0.0715. The van der Waals surface area contributed by atoms with E-state index in [1.165, 1.54) is 12.8 Å². The lowest BCUT2D eigenvalue weighted by molar-refractivity contribution is -0.158. The number of carbonyl (C=O) groups is 1. The maximum Gasteiger partial charge on any atom is 0.328 e. The van der Waals surface area contributed by atoms with Gasteiger partial charge < -0.3 is 15.2 Å². The molecule has 3 unspecified atom stereocenters. The minimum Gasteiger partial charge on any atom is -0.461 e. The van der Waals surface area contributed by atoms with E-state index >= 15 is 0 Å². The number of hydrogen-bond acceptors (Lipinski definition) is 4. The lowest BCUT2D eigenvalue weighted by atomic mass is 9.85. The Balaban J connectivity index is 1.85. The van der Waals surface area contributed by atoms with Crippen LogP contribution in [0.4, 0.5) is 0 Å². The number of hydrogen-bond donors (Lipinski definition) is 1. The summed E-state index contributed by atoms with van der Waals surface area (Å²) in [5, 5.41) is 0. The Kier molecular flexibility index (Phi) is 4.05. The molecule has 98 valence electrons. The molecule has 0 amide bonds. The summed E-state index contributed by atoms with van der Waals surface area (Å²) in [6.45, 7) is 3.06. The predicted molar refractivity (Wildman–Crippen MR) is 64.5 cm³/mol. The lowest BCUT2D eigenvalue weighted by Gasteiger charge is -2.30. The molecule has 2 fully saturated rings. The molecule has 0 aromatic heterocycles. The average molecular weight is 241 g/mol. The van der Waals surface area contributed by atoms with Gasteiger partial charge >= 0.3 is 5.97 Å². The molecule has 1 aliphatic carbocycles. The van der Waals surface area contributed by atoms with Gasteiger partial charge in [-0.2, -0.15) is 0 Å². The van der Waals surface area contributed by atoms with Gasteiger partial charge in [0, 0.05) is 13.0 Å². The van der Waals surface area contributed by atoms with Crippen molar-refractivity contribution in [3.05, 3.63) is 0 Å². The molecule has 4 nitrogen and oxygen atoms in total. The van der Waals surface area contributed by atoms with Crippen LogP contribution in [0.25, 0.3) is 0 Å². The molecule has 1 heterocycles. The molecule has 0 bridgehead atoms. The summed E-state index contributed by atoms with van der Waals surface area (Å²) in [6.07, 6.45) is 6.23. The maximum absolute atomic E-state index is 12.0. The van der Waals surface area contributed by atoms with Crippen LogP contribution in [0.2, 0.25) is 0 Å². The summed E-state index contributed by atoms with van der Waals surface area (Å²) in [5.74, 6) is 0.437. The first kappa shape index (κ1) is 12.8. The Hall–Kier alpha value is -0.610. The van der Waals surface area contributed by atoms with Crippen LogP contribution in [0, 0.1) is 5.92 Å². The van der Waals surface area contributed by atoms with Crippen LogP contribution in [0.3, 0.4) is 0 Å². The molecule has 1 saturated carbocycles. The number of ether oxygens (including phenoxy) is 2. The van der Waals surface area contributed by atoms with Crippen LogP contribution < -0.4 is 5.73 Å². The molecule has 17 heavy (non-hydrogen) atoms. The normalized spacial score (nSPS) is 38.0. The van der Waals surface area contributed by atoms with Crippen LogP contribution in [0.5, 0.6) is 0 Å². The second kappa shape index (κ2) is 5.36. The van der Waals surface area contributed by atoms with Gasteiger partial charge in [0.05, 0.1) is 6.61 Å². The molecule has 2 aliphatic rings. The third-order valence-corrected chi connectivity index (χ3v) is 4.04. The Bertz CT molecular complexity index is 274. The van der Waals surface area contributed by atoms with Gasteiger partial charge in [0.2, 0.25) is 0 Å². The van der Waals surface area contributed by atoms with E-state index in [1.807, 2.05) is 0 Å². The summed E-state index contributed by atoms with van der Waals surface area (Å²) in [5.41, 5.74) is 5.10. The van der Waals surface area contributed by atoms with Crippen molar-refractivity contribution in [2.24, 2.45) is 11.7 Å². The van der Waals surface area contributed by atoms with Gasteiger partial charge in [0.1, 0.15) is 11.6 Å². The minimum atomic E-state index is -0.890. The second-order valence-corrected chi connectivity index (χ2v) is 5.43. The molecule has 1 aliphatic heterocycles. The third kappa shape index (κ3) is 2.99. The quantitative estimate of drug-likeness (QED) is 0.763. The highest BCUT2D eigenvalue weighted by Gasteiger charge is 2.41. The first-order valence-corrected chi connectivity index (χ1v) is 6.72. The SMILES string of the molecule is CCC1CCCC(OC(=O)C2(N)CCOC2)C1. The molecule has 2 N–H and O–H groups in total. The van der Waals surface area contributed by atoms with Crippen molar-refractivity contribution in [2.45, 2.75) is 57.1 Å². The van der Waals surface area contributed by atoms with E-state index in [0.717, 1.165) is 19.3 Å². The molecule has 0 spiro atoms. The van der Waals surface area contributed by atoms with Crippen molar-refractivity contribution in [3.8, 4) is 0 Å². The third-order valence-electron chi connectivity index (χ3n) is 4.04. The van der Waals surface area contributed by atoms with E-state index in [2.05, 4.69) is 6.92 Å². The lowest BCUT2D eigenvalue weighted by Crippen LogP contribution is -2.51. The Labute approximate surface area is 103 Å². The van der Waals surface area contributed by atoms with E-state index in [0.29, 0.717) is 25.6 Å². The number of esters is 1. The fourth-order valence-corrected chi connectivity index (χ4v) is 2.73. The first-order valence-electron chi connectivity index (χ1n) is 6.72. The molecule has 0 aromatic rings. The van der Waals surface area contributed by atoms with Crippen LogP contribution in [-0.2, 0) is 14.3 Å². The van der Waals surface area contributed by atoms with Crippen LogP contribution in [0.1, 0.15) is 45.4 Å². The highest BCUT2D eigenvalue weighted by Crippen LogP contribution is 2.29. The summed E-state index contributed by atoms with van der Waals surface area (Å²) in [7, 11) is 0. The van der Waals surface area contributed by atoms with Gasteiger partial charge in [-0.25, -0.2) is 4.79 Å². The van der Waals surface area contributed by atoms with Gasteiger partial charge in [-0.05, 0) is 25.2 Å². The van der Waals surface area contributed by atoms with Gasteiger partial charge in [-0.1, -0.05) is 19.8 Å². The van der Waals surface area contributed by atoms with Gasteiger partial charge in [0.15, 0.2) is 0 Å². The molecular formula is C13H23NO3. The van der Waals surface area contributed by atoms with Crippen molar-refractivity contribution in [1.82, 2.24) is 0 Å². The Morgan fingerprint density at radius 2 is 2.35 bits per heavy atom. The summed E-state index contributed by atoms with van der Waals surface area (Å²) in [4.78, 5) is 12.0. The first-order chi connectivity index (χ1) is 8.14. The summed E-state index contributed by atoms with van der Waals surface area (Å²) in [6, 6.07) is 0. The molecular weight excluding hydrogens is 218 g/mol. The molecule has 0 radical (unpaired) electrons. The fraction of sp³-hybridized carbons (Fsp3) is 0.923. The number of rotatable bonds is 3. The monoisotopic (exact) mass is 241 g/mol. The van der Waals surface area contributed by atoms with Crippen LogP contribution >= 0.6 is 0 Å². The molecule has 2 rings (SSSR count). The molecule has 3 atom stereocenters. The zero-order chi connectivity index (χ0) is 12.3. The van der Waals surface area contributed by atoms with Crippen molar-refractivity contribution in [1.29, 1.82) is 0 Å². The molecule has 0 aromatic carbocycles. The molecule has 4 heteroatoms. The van der Waals surface area contributed by atoms with E-state index in [1.54, 1.807) is 0 Å². The average Bonchev–Trinajstić information content (AvgIpc) is 2.78. The van der Waals surface area contributed by atoms with Gasteiger partial charge in [-0.3, -0.25) is 0 Å². The van der Waals surface area contributed by atoms with E-state index in [4.69, 9.17) is 15.2 Å². The smallest absolute Gasteiger partial charge is 0.328 e. The topological polar surface area (TPSA) is 61.5 Å². The van der Waals surface area contributed by atoms with Crippen molar-refractivity contribution >= 4 is 5.97 Å². The standard InChI is InChI=1S/C13H23NO3/c1-2-10-4-3-5-11(8-10)17-12(15)13(14)6-7-16-9-13/h10-11H,2-9,14H2,1H3. The van der Waals surface area contributed by atoms with E-state index in [9.17, 15) is 4.79 Å². The largest absolute Gasteiger partial charge is 0.461 e. The zero-order valence-corrected chi connectivity index (χ0v) is 10.6. The predicted octanol–water partition coefficient (Wildman–Crippen LogP) is 1.62. The highest BCUT2D eigenvalue weighted by atomic mass is 16.6. The Morgan fingerprint density at radius 1 is 1.53 bits per heavy atom. The van der Waals surface area contributed by atoms with E-state index < -0.39 is 5.54 Å².